The first-order valence-electron chi connectivity index (χ1n) is 9.96. The van der Waals surface area contributed by atoms with E-state index in [0.29, 0.717) is 18.1 Å². The number of benzene rings is 2. The van der Waals surface area contributed by atoms with Crippen molar-refractivity contribution in [2.45, 2.75) is 34.3 Å². The molecule has 8 nitrogen and oxygen atoms in total. The molecule has 4 rings (SSSR count). The molecule has 0 saturated carbocycles. The molecular formula is C23H24N6O2. The highest BCUT2D eigenvalue weighted by Gasteiger charge is 2.15. The minimum absolute atomic E-state index is 0.297. The molecule has 158 valence electrons. The van der Waals surface area contributed by atoms with Gasteiger partial charge in [0.1, 0.15) is 12.4 Å². The standard InChI is InChI=1S/C23H24N6O2/c1-14-11-24-22(25-12-14)18-9-17(4)21(10-16(18)3)31-13-19-15(2)7-6-8-20(19)29-23(30)28(5)26-27-29/h6-12H,13H2,1-5H3. The maximum atomic E-state index is 12.3. The monoisotopic (exact) mass is 416 g/mol. The van der Waals surface area contributed by atoms with Crippen molar-refractivity contribution in [3.63, 3.8) is 0 Å². The Morgan fingerprint density at radius 1 is 0.935 bits per heavy atom. The Kier molecular flexibility index (Phi) is 5.37. The summed E-state index contributed by atoms with van der Waals surface area (Å²) in [6.45, 7) is 8.26. The number of hydrogen-bond donors (Lipinski definition) is 0. The van der Waals surface area contributed by atoms with Gasteiger partial charge < -0.3 is 4.74 Å². The van der Waals surface area contributed by atoms with Crippen LogP contribution in [0, 0.1) is 27.7 Å². The molecule has 0 unspecified atom stereocenters. The molecule has 0 N–H and O–H groups in total. The van der Waals surface area contributed by atoms with E-state index in [9.17, 15) is 4.79 Å². The van der Waals surface area contributed by atoms with Crippen LogP contribution in [0.1, 0.15) is 27.8 Å². The van der Waals surface area contributed by atoms with Crippen molar-refractivity contribution in [2.75, 3.05) is 0 Å². The van der Waals surface area contributed by atoms with Crippen LogP contribution in [0.5, 0.6) is 5.75 Å². The molecule has 2 heterocycles. The van der Waals surface area contributed by atoms with Crippen molar-refractivity contribution < 1.29 is 4.74 Å². The van der Waals surface area contributed by atoms with E-state index < -0.39 is 0 Å². The third-order valence-electron chi connectivity index (χ3n) is 5.25. The highest BCUT2D eigenvalue weighted by atomic mass is 16.5. The quantitative estimate of drug-likeness (QED) is 0.496. The summed E-state index contributed by atoms with van der Waals surface area (Å²) < 4.78 is 8.69. The third-order valence-corrected chi connectivity index (χ3v) is 5.25. The predicted octanol–water partition coefficient (Wildman–Crippen LogP) is 3.24. The van der Waals surface area contributed by atoms with Gasteiger partial charge in [-0.1, -0.05) is 12.1 Å². The normalized spacial score (nSPS) is 11.0. The number of aryl methyl sites for hydroxylation is 5. The third kappa shape index (κ3) is 3.96. The fraction of sp³-hybridized carbons (Fsp3) is 0.261. The number of hydrogen-bond acceptors (Lipinski definition) is 6. The summed E-state index contributed by atoms with van der Waals surface area (Å²) in [4.78, 5) is 21.2. The summed E-state index contributed by atoms with van der Waals surface area (Å²) in [5.74, 6) is 1.47. The van der Waals surface area contributed by atoms with Crippen LogP contribution in [0.2, 0.25) is 0 Å². The van der Waals surface area contributed by atoms with E-state index in [4.69, 9.17) is 4.74 Å². The number of ether oxygens (including phenoxy) is 1. The fourth-order valence-electron chi connectivity index (χ4n) is 3.41. The Bertz CT molecular complexity index is 1300. The van der Waals surface area contributed by atoms with Crippen molar-refractivity contribution in [2.24, 2.45) is 7.05 Å². The van der Waals surface area contributed by atoms with Crippen LogP contribution < -0.4 is 10.4 Å². The number of rotatable bonds is 5. The van der Waals surface area contributed by atoms with Crippen molar-refractivity contribution in [3.05, 3.63) is 81.0 Å². The zero-order valence-electron chi connectivity index (χ0n) is 18.2. The van der Waals surface area contributed by atoms with E-state index in [1.54, 1.807) is 7.05 Å². The molecule has 8 heteroatoms. The average molecular weight is 416 g/mol. The predicted molar refractivity (Wildman–Crippen MR) is 117 cm³/mol. The minimum Gasteiger partial charge on any atom is -0.489 e. The highest BCUT2D eigenvalue weighted by molar-refractivity contribution is 5.63. The molecule has 0 radical (unpaired) electrons. The molecule has 2 aromatic heterocycles. The smallest absolute Gasteiger partial charge is 0.368 e. The molecule has 4 aromatic rings. The second kappa shape index (κ2) is 8.14. The largest absolute Gasteiger partial charge is 0.489 e. The van der Waals surface area contributed by atoms with E-state index in [2.05, 4.69) is 20.4 Å². The Labute approximate surface area is 180 Å². The van der Waals surface area contributed by atoms with Gasteiger partial charge in [0.25, 0.3) is 0 Å². The fourth-order valence-corrected chi connectivity index (χ4v) is 3.41. The van der Waals surface area contributed by atoms with Crippen LogP contribution in [0.15, 0.2) is 47.5 Å². The minimum atomic E-state index is -0.304. The maximum absolute atomic E-state index is 12.3. The second-order valence-corrected chi connectivity index (χ2v) is 7.67. The zero-order chi connectivity index (χ0) is 22.1. The number of nitrogens with zero attached hydrogens (tertiary/aromatic N) is 6. The van der Waals surface area contributed by atoms with Gasteiger partial charge in [-0.15, -0.1) is 0 Å². The van der Waals surface area contributed by atoms with Gasteiger partial charge in [-0.05, 0) is 78.6 Å². The SMILES string of the molecule is Cc1cnc(-c2cc(C)c(OCc3c(C)cccc3-n3nnn(C)c3=O)cc2C)nc1. The first kappa shape index (κ1) is 20.5. The lowest BCUT2D eigenvalue weighted by atomic mass is 10.0. The maximum Gasteiger partial charge on any atom is 0.368 e. The first-order chi connectivity index (χ1) is 14.8. The van der Waals surface area contributed by atoms with Crippen LogP contribution in [-0.2, 0) is 13.7 Å². The Morgan fingerprint density at radius 2 is 1.68 bits per heavy atom. The molecule has 0 bridgehead atoms. The van der Waals surface area contributed by atoms with E-state index in [-0.39, 0.29) is 5.69 Å². The lowest BCUT2D eigenvalue weighted by molar-refractivity contribution is 0.302. The summed E-state index contributed by atoms with van der Waals surface area (Å²) in [6.07, 6.45) is 3.63. The molecule has 0 amide bonds. The van der Waals surface area contributed by atoms with Gasteiger partial charge in [0.05, 0.1) is 5.69 Å². The van der Waals surface area contributed by atoms with Crippen LogP contribution in [0.4, 0.5) is 0 Å². The molecule has 0 spiro atoms. The van der Waals surface area contributed by atoms with Crippen molar-refractivity contribution in [1.29, 1.82) is 0 Å². The summed E-state index contributed by atoms with van der Waals surface area (Å²) in [5.41, 5.74) is 6.26. The van der Waals surface area contributed by atoms with Gasteiger partial charge in [-0.3, -0.25) is 0 Å². The van der Waals surface area contributed by atoms with E-state index in [1.165, 1.54) is 9.36 Å². The van der Waals surface area contributed by atoms with Gasteiger partial charge in [-0.2, -0.15) is 9.36 Å². The van der Waals surface area contributed by atoms with Gasteiger partial charge in [0, 0.05) is 30.6 Å². The molecule has 0 atom stereocenters. The average Bonchev–Trinajstić information content (AvgIpc) is 3.08. The topological polar surface area (TPSA) is 87.7 Å². The Balaban J connectivity index is 1.65. The van der Waals surface area contributed by atoms with Crippen molar-refractivity contribution in [3.8, 4) is 22.8 Å². The molecule has 0 aliphatic rings. The van der Waals surface area contributed by atoms with Gasteiger partial charge in [0.2, 0.25) is 0 Å². The molecule has 2 aromatic carbocycles. The van der Waals surface area contributed by atoms with Crippen LogP contribution in [0.25, 0.3) is 17.1 Å². The molecular weight excluding hydrogens is 392 g/mol. The molecule has 31 heavy (non-hydrogen) atoms. The van der Waals surface area contributed by atoms with E-state index >= 15 is 0 Å². The summed E-state index contributed by atoms with van der Waals surface area (Å²) in [5, 5.41) is 7.79. The number of aromatic nitrogens is 6. The van der Waals surface area contributed by atoms with E-state index in [1.807, 2.05) is 70.4 Å². The number of tetrazole rings is 1. The van der Waals surface area contributed by atoms with Crippen LogP contribution >= 0.6 is 0 Å². The van der Waals surface area contributed by atoms with Crippen LogP contribution in [0.3, 0.4) is 0 Å². The molecule has 0 aliphatic heterocycles. The first-order valence-corrected chi connectivity index (χ1v) is 9.96. The van der Waals surface area contributed by atoms with E-state index in [0.717, 1.165) is 39.1 Å². The van der Waals surface area contributed by atoms with Gasteiger partial charge in [0.15, 0.2) is 5.82 Å². The summed E-state index contributed by atoms with van der Waals surface area (Å²) in [7, 11) is 1.57. The lowest BCUT2D eigenvalue weighted by Crippen LogP contribution is -2.23. The van der Waals surface area contributed by atoms with Crippen LogP contribution in [-0.4, -0.2) is 29.8 Å². The molecule has 0 aliphatic carbocycles. The zero-order valence-corrected chi connectivity index (χ0v) is 18.2. The highest BCUT2D eigenvalue weighted by Crippen LogP contribution is 2.29. The second-order valence-electron chi connectivity index (χ2n) is 7.67. The van der Waals surface area contributed by atoms with Crippen molar-refractivity contribution >= 4 is 0 Å². The Hall–Kier alpha value is -3.81. The lowest BCUT2D eigenvalue weighted by Gasteiger charge is -2.16. The molecule has 0 fully saturated rings. The van der Waals surface area contributed by atoms with Crippen molar-refractivity contribution in [1.82, 2.24) is 29.8 Å². The van der Waals surface area contributed by atoms with Gasteiger partial charge in [-0.25, -0.2) is 14.8 Å². The summed E-state index contributed by atoms with van der Waals surface area (Å²) in [6, 6.07) is 9.76. The molecule has 0 saturated heterocycles. The summed E-state index contributed by atoms with van der Waals surface area (Å²) >= 11 is 0. The van der Waals surface area contributed by atoms with Gasteiger partial charge >= 0.3 is 5.69 Å². The Morgan fingerprint density at radius 3 is 2.35 bits per heavy atom.